The molecule has 1 aliphatic rings. The van der Waals surface area contributed by atoms with Crippen LogP contribution in [0.5, 0.6) is 5.75 Å². The molecule has 11 nitrogen and oxygen atoms in total. The maximum atomic E-state index is 13.5. The van der Waals surface area contributed by atoms with Crippen molar-refractivity contribution in [3.8, 4) is 22.7 Å². The Labute approximate surface area is 240 Å². The molecule has 2 aromatic carbocycles. The van der Waals surface area contributed by atoms with E-state index in [0.717, 1.165) is 41.5 Å². The minimum absolute atomic E-state index is 0.215. The lowest BCUT2D eigenvalue weighted by Crippen LogP contribution is -2.18. The zero-order valence-corrected chi connectivity index (χ0v) is 25.1. The number of hydrogen-bond acceptors (Lipinski definition) is 7. The summed E-state index contributed by atoms with van der Waals surface area (Å²) in [5.74, 6) is -0.171. The molecule has 0 aliphatic heterocycles. The zero-order chi connectivity index (χ0) is 29.7. The van der Waals surface area contributed by atoms with Crippen LogP contribution >= 0.6 is 0 Å². The van der Waals surface area contributed by atoms with Gasteiger partial charge in [-0.25, -0.2) is 13.1 Å². The normalized spacial score (nSPS) is 13.7. The monoisotopic (exact) mass is 577 g/mol. The van der Waals surface area contributed by atoms with Crippen LogP contribution < -0.4 is 14.8 Å². The average molecular weight is 578 g/mol. The largest absolute Gasteiger partial charge is 0.492 e. The summed E-state index contributed by atoms with van der Waals surface area (Å²) in [4.78, 5) is 13.5. The lowest BCUT2D eigenvalue weighted by molar-refractivity contribution is 0.102. The summed E-state index contributed by atoms with van der Waals surface area (Å²) in [6.07, 6.45) is 7.02. The number of nitrogens with zero attached hydrogens (tertiary/aromatic N) is 5. The van der Waals surface area contributed by atoms with Gasteiger partial charge in [0.15, 0.2) is 5.75 Å². The molecule has 2 aromatic heterocycles. The number of hydrogen-bond donors (Lipinski definition) is 2. The van der Waals surface area contributed by atoms with Gasteiger partial charge in [0, 0.05) is 16.8 Å². The Morgan fingerprint density at radius 3 is 2.44 bits per heavy atom. The first kappa shape index (κ1) is 28.3. The van der Waals surface area contributed by atoms with Crippen LogP contribution in [-0.2, 0) is 15.4 Å². The summed E-state index contributed by atoms with van der Waals surface area (Å²) in [6, 6.07) is 9.31. The Kier molecular flexibility index (Phi) is 7.14. The van der Waals surface area contributed by atoms with E-state index in [9.17, 15) is 13.2 Å². The van der Waals surface area contributed by atoms with Crippen LogP contribution in [0.25, 0.3) is 16.9 Å². The number of sulfonamides is 1. The van der Waals surface area contributed by atoms with E-state index in [0.29, 0.717) is 28.7 Å². The molecular weight excluding hydrogens is 542 g/mol. The molecule has 1 saturated carbocycles. The Balaban J connectivity index is 1.47. The highest BCUT2D eigenvalue weighted by Crippen LogP contribution is 2.40. The molecule has 4 aromatic rings. The highest BCUT2D eigenvalue weighted by atomic mass is 32.2. The molecule has 1 fully saturated rings. The van der Waals surface area contributed by atoms with Gasteiger partial charge in [0.1, 0.15) is 5.69 Å². The number of ether oxygens (including phenoxy) is 1. The average Bonchev–Trinajstić information content (AvgIpc) is 3.48. The van der Waals surface area contributed by atoms with Crippen molar-refractivity contribution in [1.29, 1.82) is 0 Å². The highest BCUT2D eigenvalue weighted by molar-refractivity contribution is 7.92. The molecule has 0 bridgehead atoms. The molecule has 1 aliphatic carbocycles. The molecular formula is C29H35N7O4S. The molecule has 0 atom stereocenters. The maximum Gasteiger partial charge on any atom is 0.255 e. The van der Waals surface area contributed by atoms with Gasteiger partial charge in [0.25, 0.3) is 5.91 Å². The number of aryl methyl sites for hydroxylation is 1. The van der Waals surface area contributed by atoms with Crippen LogP contribution in [0, 0.1) is 13.8 Å². The van der Waals surface area contributed by atoms with Crippen LogP contribution in [0.4, 0.5) is 11.4 Å². The predicted octanol–water partition coefficient (Wildman–Crippen LogP) is 5.01. The Morgan fingerprint density at radius 1 is 1.10 bits per heavy atom. The van der Waals surface area contributed by atoms with E-state index in [2.05, 4.69) is 25.4 Å². The third kappa shape index (κ3) is 5.97. The number of amides is 1. The summed E-state index contributed by atoms with van der Waals surface area (Å²) in [6.45, 7) is 9.98. The summed E-state index contributed by atoms with van der Waals surface area (Å²) in [5.41, 5.74) is 5.80. The molecule has 0 unspecified atom stereocenters. The van der Waals surface area contributed by atoms with Gasteiger partial charge in [-0.3, -0.25) is 14.2 Å². The third-order valence-electron chi connectivity index (χ3n) is 7.13. The molecule has 5 rings (SSSR count). The highest BCUT2D eigenvalue weighted by Gasteiger charge is 2.27. The molecule has 41 heavy (non-hydrogen) atoms. The Bertz CT molecular complexity index is 1740. The fraction of sp³-hybridized carbons (Fsp3) is 0.379. The van der Waals surface area contributed by atoms with E-state index in [1.807, 2.05) is 57.8 Å². The van der Waals surface area contributed by atoms with Gasteiger partial charge in [-0.2, -0.15) is 5.10 Å². The maximum absolute atomic E-state index is 13.5. The standard InChI is InChI=1S/C29H35N7O4S/c1-17-8-9-19(12-26(17)35-16-25(32-34-35)22-15-30-36(18(22)2)21-10-11-21)28(37)31-23-13-20(29(3,4)5)14-24(27(23)40-6)33-41(7,38)39/h8-9,12-16,21,33H,10-11H2,1-7H3,(H,31,37). The van der Waals surface area contributed by atoms with Crippen LogP contribution in [0.1, 0.15) is 66.8 Å². The molecule has 0 saturated heterocycles. The molecule has 2 heterocycles. The second-order valence-corrected chi connectivity index (χ2v) is 13.3. The van der Waals surface area contributed by atoms with Crippen molar-refractivity contribution in [2.75, 3.05) is 23.4 Å². The van der Waals surface area contributed by atoms with E-state index in [-0.39, 0.29) is 22.8 Å². The SMILES string of the molecule is COc1c(NC(=O)c2ccc(C)c(-n3cc(-c4cnn(C5CC5)c4C)nn3)c2)cc(C(C)(C)C)cc1NS(C)(=O)=O. The molecule has 12 heteroatoms. The summed E-state index contributed by atoms with van der Waals surface area (Å²) in [7, 11) is -2.17. The smallest absolute Gasteiger partial charge is 0.255 e. The number of carbonyl (C=O) groups excluding carboxylic acids is 1. The Morgan fingerprint density at radius 2 is 1.80 bits per heavy atom. The van der Waals surface area contributed by atoms with Crippen LogP contribution in [-0.4, -0.2) is 52.5 Å². The first-order chi connectivity index (χ1) is 19.2. The fourth-order valence-corrected chi connectivity index (χ4v) is 5.26. The first-order valence-electron chi connectivity index (χ1n) is 13.3. The van der Waals surface area contributed by atoms with Gasteiger partial charge >= 0.3 is 0 Å². The van der Waals surface area contributed by atoms with Gasteiger partial charge in [-0.1, -0.05) is 32.1 Å². The van der Waals surface area contributed by atoms with E-state index in [4.69, 9.17) is 4.74 Å². The lowest BCUT2D eigenvalue weighted by atomic mass is 9.86. The zero-order valence-electron chi connectivity index (χ0n) is 24.3. The number of carbonyl (C=O) groups is 1. The van der Waals surface area contributed by atoms with E-state index in [1.54, 1.807) is 28.9 Å². The number of anilines is 2. The van der Waals surface area contributed by atoms with Crippen molar-refractivity contribution in [2.45, 2.75) is 58.9 Å². The number of aromatic nitrogens is 5. The molecule has 2 N–H and O–H groups in total. The molecule has 0 radical (unpaired) electrons. The Hall–Kier alpha value is -4.19. The second kappa shape index (κ2) is 10.3. The number of nitrogens with one attached hydrogen (secondary N) is 2. The summed E-state index contributed by atoms with van der Waals surface area (Å²) < 4.78 is 35.9. The van der Waals surface area contributed by atoms with Crippen molar-refractivity contribution in [3.63, 3.8) is 0 Å². The van der Waals surface area contributed by atoms with Crippen LogP contribution in [0.2, 0.25) is 0 Å². The lowest BCUT2D eigenvalue weighted by Gasteiger charge is -2.24. The number of methoxy groups -OCH3 is 1. The van der Waals surface area contributed by atoms with Gasteiger partial charge in [0.05, 0.1) is 48.9 Å². The fourth-order valence-electron chi connectivity index (χ4n) is 4.71. The number of benzene rings is 2. The van der Waals surface area contributed by atoms with Gasteiger partial charge < -0.3 is 10.1 Å². The van der Waals surface area contributed by atoms with E-state index < -0.39 is 10.0 Å². The summed E-state index contributed by atoms with van der Waals surface area (Å²) in [5, 5.41) is 16.2. The third-order valence-corrected chi connectivity index (χ3v) is 7.72. The van der Waals surface area contributed by atoms with Crippen LogP contribution in [0.15, 0.2) is 42.7 Å². The van der Waals surface area contributed by atoms with Gasteiger partial charge in [0.2, 0.25) is 10.0 Å². The van der Waals surface area contributed by atoms with Gasteiger partial charge in [-0.15, -0.1) is 5.10 Å². The summed E-state index contributed by atoms with van der Waals surface area (Å²) >= 11 is 0. The van der Waals surface area contributed by atoms with E-state index >= 15 is 0 Å². The molecule has 0 spiro atoms. The molecule has 216 valence electrons. The predicted molar refractivity (Wildman–Crippen MR) is 158 cm³/mol. The van der Waals surface area contributed by atoms with Gasteiger partial charge in [-0.05, 0) is 67.5 Å². The van der Waals surface area contributed by atoms with Crippen molar-refractivity contribution in [3.05, 3.63) is 65.1 Å². The number of rotatable bonds is 8. The quantitative estimate of drug-likeness (QED) is 0.301. The van der Waals surface area contributed by atoms with Crippen molar-refractivity contribution >= 4 is 27.3 Å². The van der Waals surface area contributed by atoms with Crippen molar-refractivity contribution in [2.24, 2.45) is 0 Å². The van der Waals surface area contributed by atoms with Crippen molar-refractivity contribution in [1.82, 2.24) is 24.8 Å². The first-order valence-corrected chi connectivity index (χ1v) is 15.2. The minimum Gasteiger partial charge on any atom is -0.492 e. The minimum atomic E-state index is -3.59. The van der Waals surface area contributed by atoms with Crippen molar-refractivity contribution < 1.29 is 17.9 Å². The van der Waals surface area contributed by atoms with Crippen LogP contribution in [0.3, 0.4) is 0 Å². The molecule has 1 amide bonds. The topological polar surface area (TPSA) is 133 Å². The van der Waals surface area contributed by atoms with E-state index in [1.165, 1.54) is 7.11 Å². The second-order valence-electron chi connectivity index (χ2n) is 11.6.